The lowest BCUT2D eigenvalue weighted by Crippen LogP contribution is -2.26. The summed E-state index contributed by atoms with van der Waals surface area (Å²) >= 11 is 1.10. The highest BCUT2D eigenvalue weighted by Gasteiger charge is 2.21. The molecule has 1 aromatic carbocycles. The Morgan fingerprint density at radius 2 is 2.10 bits per heavy atom. The van der Waals surface area contributed by atoms with Gasteiger partial charge >= 0.3 is 0 Å². The first kappa shape index (κ1) is 15.1. The molecule has 0 saturated carbocycles. The van der Waals surface area contributed by atoms with E-state index in [0.29, 0.717) is 5.56 Å². The molecule has 1 aromatic heterocycles. The van der Waals surface area contributed by atoms with E-state index in [1.54, 1.807) is 30.5 Å². The number of nitrogens with two attached hydrogens (primary N) is 1. The predicted octanol–water partition coefficient (Wildman–Crippen LogP) is 2.39. The van der Waals surface area contributed by atoms with Crippen molar-refractivity contribution < 1.29 is 12.8 Å². The Morgan fingerprint density at radius 1 is 1.40 bits per heavy atom. The van der Waals surface area contributed by atoms with Gasteiger partial charge in [-0.25, -0.2) is 17.5 Å². The summed E-state index contributed by atoms with van der Waals surface area (Å²) in [6, 6.07) is 6.97. The van der Waals surface area contributed by atoms with Crippen LogP contribution in [-0.4, -0.2) is 8.42 Å². The van der Waals surface area contributed by atoms with E-state index in [0.717, 1.165) is 16.9 Å². The van der Waals surface area contributed by atoms with Crippen LogP contribution in [0.15, 0.2) is 39.9 Å². The first-order valence-corrected chi connectivity index (χ1v) is 8.34. The van der Waals surface area contributed by atoms with E-state index in [9.17, 15) is 12.8 Å². The van der Waals surface area contributed by atoms with Crippen molar-refractivity contribution in [1.29, 1.82) is 0 Å². The molecule has 0 aliphatic carbocycles. The minimum Gasteiger partial charge on any atom is -0.326 e. The van der Waals surface area contributed by atoms with Crippen molar-refractivity contribution in [3.63, 3.8) is 0 Å². The summed E-state index contributed by atoms with van der Waals surface area (Å²) in [6.45, 7) is 1.89. The summed E-state index contributed by atoms with van der Waals surface area (Å²) in [6.07, 6.45) is 0. The molecule has 0 spiro atoms. The fourth-order valence-corrected chi connectivity index (χ4v) is 4.24. The van der Waals surface area contributed by atoms with Crippen LogP contribution in [0, 0.1) is 5.82 Å². The van der Waals surface area contributed by atoms with Gasteiger partial charge in [-0.3, -0.25) is 0 Å². The molecule has 2 rings (SSSR count). The number of hydrogen-bond acceptors (Lipinski definition) is 4. The molecule has 0 bridgehead atoms. The second-order valence-electron chi connectivity index (χ2n) is 4.34. The second-order valence-corrected chi connectivity index (χ2v) is 7.19. The van der Waals surface area contributed by atoms with E-state index in [-0.39, 0.29) is 10.8 Å². The zero-order chi connectivity index (χ0) is 14.8. The molecule has 2 aromatic rings. The molecular weight excluding hydrogens is 299 g/mol. The van der Waals surface area contributed by atoms with Gasteiger partial charge in [-0.15, -0.1) is 11.3 Å². The maximum atomic E-state index is 13.6. The molecule has 0 saturated heterocycles. The third-order valence-electron chi connectivity index (χ3n) is 2.83. The number of nitrogens with one attached hydrogen (secondary N) is 1. The minimum atomic E-state index is -3.67. The fourth-order valence-electron chi connectivity index (χ4n) is 1.78. The van der Waals surface area contributed by atoms with Crippen LogP contribution in [0.3, 0.4) is 0 Å². The zero-order valence-corrected chi connectivity index (χ0v) is 12.5. The topological polar surface area (TPSA) is 72.2 Å². The average Bonchev–Trinajstić information content (AvgIpc) is 2.88. The Hall–Kier alpha value is -1.28. The Bertz CT molecular complexity index is 698. The molecule has 1 unspecified atom stereocenters. The van der Waals surface area contributed by atoms with Crippen LogP contribution in [0.25, 0.3) is 0 Å². The third-order valence-corrected chi connectivity index (χ3v) is 5.86. The van der Waals surface area contributed by atoms with Crippen LogP contribution < -0.4 is 10.5 Å². The van der Waals surface area contributed by atoms with Gasteiger partial charge in [-0.1, -0.05) is 18.2 Å². The van der Waals surface area contributed by atoms with Gasteiger partial charge in [-0.05, 0) is 30.0 Å². The standard InChI is InChI=1S/C13H15FN2O2S2/c1-9(11-4-2-3-5-12(11)14)16-20(17,18)13-6-10(7-15)8-19-13/h2-6,8-9,16H,7,15H2,1H3. The molecule has 20 heavy (non-hydrogen) atoms. The summed E-state index contributed by atoms with van der Waals surface area (Å²) < 4.78 is 40.7. The average molecular weight is 314 g/mol. The number of sulfonamides is 1. The van der Waals surface area contributed by atoms with Gasteiger partial charge in [-0.2, -0.15) is 0 Å². The van der Waals surface area contributed by atoms with E-state index < -0.39 is 21.9 Å². The van der Waals surface area contributed by atoms with Gasteiger partial charge in [0.25, 0.3) is 10.0 Å². The Morgan fingerprint density at radius 3 is 2.70 bits per heavy atom. The second kappa shape index (κ2) is 6.01. The molecule has 0 aliphatic heterocycles. The van der Waals surface area contributed by atoms with Crippen LogP contribution >= 0.6 is 11.3 Å². The van der Waals surface area contributed by atoms with Crippen molar-refractivity contribution in [2.24, 2.45) is 5.73 Å². The summed E-state index contributed by atoms with van der Waals surface area (Å²) in [5.74, 6) is -0.434. The van der Waals surface area contributed by atoms with Gasteiger partial charge in [0, 0.05) is 18.2 Å². The number of halogens is 1. The first-order valence-electron chi connectivity index (χ1n) is 5.98. The van der Waals surface area contributed by atoms with Gasteiger partial charge in [0.05, 0.1) is 0 Å². The minimum absolute atomic E-state index is 0.182. The largest absolute Gasteiger partial charge is 0.326 e. The fraction of sp³-hybridized carbons (Fsp3) is 0.231. The van der Waals surface area contributed by atoms with Crippen molar-refractivity contribution in [2.75, 3.05) is 0 Å². The summed E-state index contributed by atoms with van der Waals surface area (Å²) in [4.78, 5) is 0. The highest BCUT2D eigenvalue weighted by Crippen LogP contribution is 2.23. The SMILES string of the molecule is CC(NS(=O)(=O)c1cc(CN)cs1)c1ccccc1F. The number of thiophene rings is 1. The first-order chi connectivity index (χ1) is 9.44. The molecule has 7 heteroatoms. The van der Waals surface area contributed by atoms with Crippen molar-refractivity contribution in [1.82, 2.24) is 4.72 Å². The number of hydrogen-bond donors (Lipinski definition) is 2. The van der Waals surface area contributed by atoms with E-state index in [1.165, 1.54) is 12.1 Å². The van der Waals surface area contributed by atoms with Crippen molar-refractivity contribution in [3.8, 4) is 0 Å². The van der Waals surface area contributed by atoms with Crippen LogP contribution in [-0.2, 0) is 16.6 Å². The van der Waals surface area contributed by atoms with Gasteiger partial charge < -0.3 is 5.73 Å². The van der Waals surface area contributed by atoms with E-state index in [1.807, 2.05) is 0 Å². The number of benzene rings is 1. The van der Waals surface area contributed by atoms with Crippen LogP contribution in [0.2, 0.25) is 0 Å². The maximum Gasteiger partial charge on any atom is 0.250 e. The molecular formula is C13H15FN2O2S2. The van der Waals surface area contributed by atoms with E-state index in [2.05, 4.69) is 4.72 Å². The monoisotopic (exact) mass is 314 g/mol. The lowest BCUT2D eigenvalue weighted by atomic mass is 10.1. The van der Waals surface area contributed by atoms with E-state index in [4.69, 9.17) is 5.73 Å². The van der Waals surface area contributed by atoms with Crippen molar-refractivity contribution >= 4 is 21.4 Å². The van der Waals surface area contributed by atoms with E-state index >= 15 is 0 Å². The molecule has 1 atom stereocenters. The summed E-state index contributed by atoms with van der Waals surface area (Å²) in [5.41, 5.74) is 6.53. The summed E-state index contributed by atoms with van der Waals surface area (Å²) in [7, 11) is -3.67. The molecule has 3 N–H and O–H groups in total. The molecule has 4 nitrogen and oxygen atoms in total. The Labute approximate surface area is 121 Å². The summed E-state index contributed by atoms with van der Waals surface area (Å²) in [5, 5.41) is 1.70. The van der Waals surface area contributed by atoms with Crippen LogP contribution in [0.5, 0.6) is 0 Å². The lowest BCUT2D eigenvalue weighted by molar-refractivity contribution is 0.551. The number of rotatable bonds is 5. The molecule has 1 heterocycles. The van der Waals surface area contributed by atoms with Crippen LogP contribution in [0.1, 0.15) is 24.1 Å². The predicted molar refractivity (Wildman–Crippen MR) is 77.3 cm³/mol. The van der Waals surface area contributed by atoms with Gasteiger partial charge in [0.15, 0.2) is 0 Å². The molecule has 108 valence electrons. The van der Waals surface area contributed by atoms with Gasteiger partial charge in [0.1, 0.15) is 10.0 Å². The van der Waals surface area contributed by atoms with Gasteiger partial charge in [0.2, 0.25) is 0 Å². The zero-order valence-electron chi connectivity index (χ0n) is 10.8. The lowest BCUT2D eigenvalue weighted by Gasteiger charge is -2.14. The molecule has 0 aliphatic rings. The van der Waals surface area contributed by atoms with Crippen molar-refractivity contribution in [3.05, 3.63) is 52.7 Å². The molecule has 0 radical (unpaired) electrons. The third kappa shape index (κ3) is 3.24. The highest BCUT2D eigenvalue weighted by molar-refractivity contribution is 7.91. The van der Waals surface area contributed by atoms with Crippen LogP contribution in [0.4, 0.5) is 4.39 Å². The Kier molecular flexibility index (Phi) is 4.54. The highest BCUT2D eigenvalue weighted by atomic mass is 32.2. The smallest absolute Gasteiger partial charge is 0.250 e. The normalized spacial score (nSPS) is 13.3. The quantitative estimate of drug-likeness (QED) is 0.890. The van der Waals surface area contributed by atoms with Crippen molar-refractivity contribution in [2.45, 2.75) is 23.7 Å². The molecule has 0 fully saturated rings. The maximum absolute atomic E-state index is 13.6. The Balaban J connectivity index is 2.22. The molecule has 0 amide bonds.